The number of urea groups is 1. The van der Waals surface area contributed by atoms with Gasteiger partial charge in [-0.15, -0.1) is 0 Å². The molecule has 21 heavy (non-hydrogen) atoms. The van der Waals surface area contributed by atoms with Gasteiger partial charge in [-0.3, -0.25) is 0 Å². The maximum absolute atomic E-state index is 13.0. The largest absolute Gasteiger partial charge is 0.388 e. The van der Waals surface area contributed by atoms with Crippen LogP contribution >= 0.6 is 0 Å². The second-order valence-corrected chi connectivity index (χ2v) is 6.27. The molecule has 1 atom stereocenters. The van der Waals surface area contributed by atoms with Gasteiger partial charge in [0.15, 0.2) is 0 Å². The first kappa shape index (κ1) is 14.3. The van der Waals surface area contributed by atoms with E-state index in [1.54, 1.807) is 12.1 Å². The summed E-state index contributed by atoms with van der Waals surface area (Å²) in [5, 5.41) is 15.7. The molecule has 0 aliphatic heterocycles. The topological polar surface area (TPSA) is 61.4 Å². The molecule has 0 saturated heterocycles. The fraction of sp³-hybridized carbons (Fsp3) is 0.562. The number of rotatable bonds is 5. The van der Waals surface area contributed by atoms with Crippen molar-refractivity contribution in [2.24, 2.45) is 5.92 Å². The van der Waals surface area contributed by atoms with Crippen molar-refractivity contribution in [3.63, 3.8) is 0 Å². The Morgan fingerprint density at radius 1 is 1.33 bits per heavy atom. The summed E-state index contributed by atoms with van der Waals surface area (Å²) >= 11 is 0. The number of benzene rings is 1. The Hall–Kier alpha value is -1.62. The molecule has 4 nitrogen and oxygen atoms in total. The summed E-state index contributed by atoms with van der Waals surface area (Å²) in [6.45, 7) is 0.291. The predicted molar refractivity (Wildman–Crippen MR) is 77.2 cm³/mol. The highest BCUT2D eigenvalue weighted by molar-refractivity contribution is 5.74. The second-order valence-electron chi connectivity index (χ2n) is 6.27. The lowest BCUT2D eigenvalue weighted by Gasteiger charge is -2.36. The van der Waals surface area contributed by atoms with Crippen LogP contribution < -0.4 is 10.6 Å². The zero-order valence-corrected chi connectivity index (χ0v) is 11.9. The lowest BCUT2D eigenvalue weighted by Crippen LogP contribution is -2.50. The van der Waals surface area contributed by atoms with Crippen LogP contribution in [0, 0.1) is 11.7 Å². The van der Waals surface area contributed by atoms with Gasteiger partial charge in [-0.1, -0.05) is 12.1 Å². The Morgan fingerprint density at radius 3 is 2.52 bits per heavy atom. The first-order chi connectivity index (χ1) is 10.1. The molecular weight excluding hydrogens is 271 g/mol. The fourth-order valence-corrected chi connectivity index (χ4v) is 2.77. The van der Waals surface area contributed by atoms with E-state index >= 15 is 0 Å². The van der Waals surface area contributed by atoms with Gasteiger partial charge in [0.05, 0.1) is 11.6 Å². The average Bonchev–Trinajstić information content (AvgIpc) is 3.26. The predicted octanol–water partition coefficient (Wildman–Crippen LogP) is 2.49. The van der Waals surface area contributed by atoms with Crippen LogP contribution in [0.5, 0.6) is 0 Å². The van der Waals surface area contributed by atoms with E-state index in [1.165, 1.54) is 12.1 Å². The van der Waals surface area contributed by atoms with E-state index in [2.05, 4.69) is 10.6 Å². The minimum atomic E-state index is -0.720. The smallest absolute Gasteiger partial charge is 0.315 e. The van der Waals surface area contributed by atoms with Gasteiger partial charge in [0.1, 0.15) is 5.82 Å². The minimum absolute atomic E-state index is 0.0818. The Labute approximate surface area is 123 Å². The lowest BCUT2D eigenvalue weighted by atomic mass is 9.80. The van der Waals surface area contributed by atoms with Crippen molar-refractivity contribution < 1.29 is 14.3 Å². The highest BCUT2D eigenvalue weighted by Gasteiger charge is 2.36. The highest BCUT2D eigenvalue weighted by atomic mass is 19.1. The molecule has 114 valence electrons. The third kappa shape index (κ3) is 3.53. The number of hydrogen-bond donors (Lipinski definition) is 3. The molecule has 2 fully saturated rings. The van der Waals surface area contributed by atoms with Crippen LogP contribution in [0.2, 0.25) is 0 Å². The van der Waals surface area contributed by atoms with Crippen molar-refractivity contribution >= 4 is 6.03 Å². The molecule has 0 bridgehead atoms. The molecule has 2 saturated carbocycles. The Bertz CT molecular complexity index is 510. The van der Waals surface area contributed by atoms with Gasteiger partial charge in [0.2, 0.25) is 0 Å². The van der Waals surface area contributed by atoms with E-state index in [4.69, 9.17) is 0 Å². The van der Waals surface area contributed by atoms with Gasteiger partial charge in [-0.25, -0.2) is 9.18 Å². The number of carbonyl (C=O) groups excluding carboxylic acids is 1. The molecule has 3 N–H and O–H groups in total. The maximum Gasteiger partial charge on any atom is 0.315 e. The number of nitrogens with one attached hydrogen (secondary N) is 2. The van der Waals surface area contributed by atoms with Gasteiger partial charge >= 0.3 is 6.03 Å². The first-order valence-corrected chi connectivity index (χ1v) is 7.58. The fourth-order valence-electron chi connectivity index (χ4n) is 2.77. The molecule has 0 heterocycles. The monoisotopic (exact) mass is 292 g/mol. The van der Waals surface area contributed by atoms with Crippen molar-refractivity contribution in [1.29, 1.82) is 0 Å². The van der Waals surface area contributed by atoms with Gasteiger partial charge in [-0.05, 0) is 55.7 Å². The Balaban J connectivity index is 1.57. The van der Waals surface area contributed by atoms with Crippen molar-refractivity contribution in [1.82, 2.24) is 10.6 Å². The summed E-state index contributed by atoms with van der Waals surface area (Å²) in [5.74, 6) is 0.151. The molecule has 0 radical (unpaired) electrons. The summed E-state index contributed by atoms with van der Waals surface area (Å²) in [7, 11) is 0. The number of halogens is 1. The average molecular weight is 292 g/mol. The molecule has 5 heteroatoms. The molecule has 2 amide bonds. The summed E-state index contributed by atoms with van der Waals surface area (Å²) in [6.07, 6.45) is 4.66. The van der Waals surface area contributed by atoms with Crippen LogP contribution in [-0.4, -0.2) is 23.3 Å². The van der Waals surface area contributed by atoms with E-state index in [0.717, 1.165) is 37.7 Å². The van der Waals surface area contributed by atoms with Gasteiger partial charge in [0, 0.05) is 6.54 Å². The van der Waals surface area contributed by atoms with Crippen LogP contribution in [0.3, 0.4) is 0 Å². The van der Waals surface area contributed by atoms with Crippen LogP contribution in [-0.2, 0) is 0 Å². The number of carbonyl (C=O) groups is 1. The minimum Gasteiger partial charge on any atom is -0.388 e. The standard InChI is InChI=1S/C16H21FN2O2/c17-13-6-4-12(5-7-13)14(11-2-3-11)19-15(20)18-10-16(21)8-1-9-16/h4-7,11,14,21H,1-3,8-10H2,(H2,18,19,20). The quantitative estimate of drug-likeness (QED) is 0.781. The first-order valence-electron chi connectivity index (χ1n) is 7.58. The van der Waals surface area contributed by atoms with Crippen molar-refractivity contribution in [3.05, 3.63) is 35.6 Å². The van der Waals surface area contributed by atoms with Crippen molar-refractivity contribution in [3.8, 4) is 0 Å². The van der Waals surface area contributed by atoms with E-state index in [0.29, 0.717) is 12.5 Å². The van der Waals surface area contributed by atoms with Gasteiger partial charge in [-0.2, -0.15) is 0 Å². The van der Waals surface area contributed by atoms with E-state index in [9.17, 15) is 14.3 Å². The molecule has 2 aliphatic rings. The van der Waals surface area contributed by atoms with Crippen molar-refractivity contribution in [2.45, 2.75) is 43.7 Å². The Kier molecular flexibility index (Phi) is 3.85. The number of aliphatic hydroxyl groups is 1. The summed E-state index contributed by atoms with van der Waals surface area (Å²) in [5.41, 5.74) is 0.207. The SMILES string of the molecule is O=C(NCC1(O)CCC1)NC(c1ccc(F)cc1)C1CC1. The van der Waals surface area contributed by atoms with E-state index in [-0.39, 0.29) is 17.9 Å². The summed E-state index contributed by atoms with van der Waals surface area (Å²) < 4.78 is 13.0. The van der Waals surface area contributed by atoms with E-state index < -0.39 is 5.60 Å². The van der Waals surface area contributed by atoms with Crippen LogP contribution in [0.15, 0.2) is 24.3 Å². The molecule has 0 spiro atoms. The molecule has 2 aliphatic carbocycles. The maximum atomic E-state index is 13.0. The van der Waals surface area contributed by atoms with Crippen LogP contribution in [0.25, 0.3) is 0 Å². The third-order valence-corrected chi connectivity index (χ3v) is 4.47. The molecule has 1 unspecified atom stereocenters. The molecular formula is C16H21FN2O2. The molecule has 3 rings (SSSR count). The van der Waals surface area contributed by atoms with Gasteiger partial charge in [0.25, 0.3) is 0 Å². The molecule has 0 aromatic heterocycles. The van der Waals surface area contributed by atoms with Crippen LogP contribution in [0.4, 0.5) is 9.18 Å². The zero-order valence-electron chi connectivity index (χ0n) is 11.9. The molecule has 1 aromatic rings. The normalized spacial score (nSPS) is 21.2. The zero-order chi connectivity index (χ0) is 14.9. The number of hydrogen-bond acceptors (Lipinski definition) is 2. The van der Waals surface area contributed by atoms with E-state index in [1.807, 2.05) is 0 Å². The lowest BCUT2D eigenvalue weighted by molar-refractivity contribution is -0.0290. The van der Waals surface area contributed by atoms with Gasteiger partial charge < -0.3 is 15.7 Å². The summed E-state index contributed by atoms with van der Waals surface area (Å²) in [4.78, 5) is 12.0. The van der Waals surface area contributed by atoms with Crippen LogP contribution in [0.1, 0.15) is 43.7 Å². The third-order valence-electron chi connectivity index (χ3n) is 4.47. The molecule has 1 aromatic carbocycles. The highest BCUT2D eigenvalue weighted by Crippen LogP contribution is 2.41. The van der Waals surface area contributed by atoms with Crippen molar-refractivity contribution in [2.75, 3.05) is 6.54 Å². The Morgan fingerprint density at radius 2 is 2.00 bits per heavy atom. The summed E-state index contributed by atoms with van der Waals surface area (Å²) in [6, 6.07) is 5.93. The second kappa shape index (κ2) is 5.64. The number of amides is 2.